The maximum atomic E-state index is 5.40. The SMILES string of the molecule is Cc1ccc(C2(CCS)COC2)c(C)c1. The van der Waals surface area contributed by atoms with E-state index in [1.54, 1.807) is 0 Å². The molecule has 2 rings (SSSR count). The van der Waals surface area contributed by atoms with Gasteiger partial charge in [0.15, 0.2) is 0 Å². The van der Waals surface area contributed by atoms with Crippen molar-refractivity contribution in [2.45, 2.75) is 25.7 Å². The Morgan fingerprint density at radius 1 is 1.33 bits per heavy atom. The molecular formula is C13H18OS. The number of aryl methyl sites for hydroxylation is 2. The van der Waals surface area contributed by atoms with E-state index in [0.29, 0.717) is 0 Å². The van der Waals surface area contributed by atoms with Crippen LogP contribution >= 0.6 is 12.6 Å². The molecule has 82 valence electrons. The zero-order chi connectivity index (χ0) is 10.9. The molecule has 1 aromatic rings. The van der Waals surface area contributed by atoms with E-state index in [9.17, 15) is 0 Å². The lowest BCUT2D eigenvalue weighted by molar-refractivity contribution is -0.0616. The maximum Gasteiger partial charge on any atom is 0.0586 e. The fourth-order valence-electron chi connectivity index (χ4n) is 2.41. The molecule has 0 aliphatic carbocycles. The van der Waals surface area contributed by atoms with Gasteiger partial charge in [0.05, 0.1) is 13.2 Å². The Bertz CT molecular complexity index is 356. The van der Waals surface area contributed by atoms with E-state index in [-0.39, 0.29) is 5.41 Å². The minimum Gasteiger partial charge on any atom is -0.379 e. The molecule has 0 N–H and O–H groups in total. The van der Waals surface area contributed by atoms with Crippen LogP contribution in [0.25, 0.3) is 0 Å². The molecule has 0 bridgehead atoms. The van der Waals surface area contributed by atoms with Crippen LogP contribution < -0.4 is 0 Å². The molecule has 1 fully saturated rings. The van der Waals surface area contributed by atoms with Crippen molar-refractivity contribution in [3.05, 3.63) is 34.9 Å². The van der Waals surface area contributed by atoms with Crippen molar-refractivity contribution < 1.29 is 4.74 Å². The summed E-state index contributed by atoms with van der Waals surface area (Å²) in [6, 6.07) is 6.71. The van der Waals surface area contributed by atoms with Crippen LogP contribution in [0.3, 0.4) is 0 Å². The van der Waals surface area contributed by atoms with Gasteiger partial charge in [-0.25, -0.2) is 0 Å². The van der Waals surface area contributed by atoms with E-state index in [2.05, 4.69) is 44.7 Å². The first-order chi connectivity index (χ1) is 7.18. The molecule has 1 heterocycles. The summed E-state index contributed by atoms with van der Waals surface area (Å²) >= 11 is 4.35. The van der Waals surface area contributed by atoms with Crippen LogP contribution in [0.4, 0.5) is 0 Å². The average Bonchev–Trinajstić information content (AvgIpc) is 2.12. The lowest BCUT2D eigenvalue weighted by Gasteiger charge is -2.42. The third kappa shape index (κ3) is 1.93. The number of ether oxygens (including phenoxy) is 1. The number of hydrogen-bond acceptors (Lipinski definition) is 2. The summed E-state index contributed by atoms with van der Waals surface area (Å²) < 4.78 is 5.40. The molecule has 1 aromatic carbocycles. The summed E-state index contributed by atoms with van der Waals surface area (Å²) in [4.78, 5) is 0. The molecule has 1 saturated heterocycles. The fraction of sp³-hybridized carbons (Fsp3) is 0.538. The fourth-order valence-corrected chi connectivity index (χ4v) is 2.83. The standard InChI is InChI=1S/C13H18OS/c1-10-3-4-12(11(2)7-10)13(5-6-15)8-14-9-13/h3-4,7,15H,5-6,8-9H2,1-2H3. The molecule has 0 saturated carbocycles. The van der Waals surface area contributed by atoms with Crippen molar-refractivity contribution in [1.29, 1.82) is 0 Å². The highest BCUT2D eigenvalue weighted by Gasteiger charge is 2.40. The topological polar surface area (TPSA) is 9.23 Å². The smallest absolute Gasteiger partial charge is 0.0586 e. The summed E-state index contributed by atoms with van der Waals surface area (Å²) in [5.41, 5.74) is 4.42. The summed E-state index contributed by atoms with van der Waals surface area (Å²) in [7, 11) is 0. The Hall–Kier alpha value is -0.470. The second-order valence-electron chi connectivity index (χ2n) is 4.57. The Kier molecular flexibility index (Phi) is 3.08. The molecule has 0 atom stereocenters. The molecule has 0 amide bonds. The molecule has 0 unspecified atom stereocenters. The van der Waals surface area contributed by atoms with Crippen LogP contribution in [-0.2, 0) is 10.2 Å². The molecular weight excluding hydrogens is 204 g/mol. The van der Waals surface area contributed by atoms with Gasteiger partial charge in [-0.2, -0.15) is 12.6 Å². The molecule has 1 aliphatic rings. The number of rotatable bonds is 3. The van der Waals surface area contributed by atoms with Gasteiger partial charge < -0.3 is 4.74 Å². The zero-order valence-corrected chi connectivity index (χ0v) is 10.3. The van der Waals surface area contributed by atoms with Crippen molar-refractivity contribution in [3.8, 4) is 0 Å². The van der Waals surface area contributed by atoms with Crippen molar-refractivity contribution in [2.24, 2.45) is 0 Å². The minimum atomic E-state index is 0.250. The highest BCUT2D eigenvalue weighted by atomic mass is 32.1. The monoisotopic (exact) mass is 222 g/mol. The van der Waals surface area contributed by atoms with Gasteiger partial charge in [-0.1, -0.05) is 23.8 Å². The predicted molar refractivity (Wildman–Crippen MR) is 66.9 cm³/mol. The van der Waals surface area contributed by atoms with Gasteiger partial charge >= 0.3 is 0 Å². The highest BCUT2D eigenvalue weighted by molar-refractivity contribution is 7.80. The van der Waals surface area contributed by atoms with E-state index in [4.69, 9.17) is 4.74 Å². The average molecular weight is 222 g/mol. The quantitative estimate of drug-likeness (QED) is 0.774. The van der Waals surface area contributed by atoms with Crippen LogP contribution in [0.1, 0.15) is 23.1 Å². The van der Waals surface area contributed by atoms with E-state index in [1.807, 2.05) is 0 Å². The van der Waals surface area contributed by atoms with Gasteiger partial charge in [0.1, 0.15) is 0 Å². The van der Waals surface area contributed by atoms with Crippen molar-refractivity contribution in [1.82, 2.24) is 0 Å². The minimum absolute atomic E-state index is 0.250. The van der Waals surface area contributed by atoms with Crippen LogP contribution in [-0.4, -0.2) is 19.0 Å². The zero-order valence-electron chi connectivity index (χ0n) is 9.42. The van der Waals surface area contributed by atoms with Crippen molar-refractivity contribution in [2.75, 3.05) is 19.0 Å². The molecule has 1 nitrogen and oxygen atoms in total. The molecule has 2 heteroatoms. The largest absolute Gasteiger partial charge is 0.379 e. The van der Waals surface area contributed by atoms with Crippen LogP contribution in [0.15, 0.2) is 18.2 Å². The summed E-state index contributed by atoms with van der Waals surface area (Å²) in [5.74, 6) is 0.927. The van der Waals surface area contributed by atoms with E-state index < -0.39 is 0 Å². The second kappa shape index (κ2) is 4.18. The second-order valence-corrected chi connectivity index (χ2v) is 5.01. The lowest BCUT2D eigenvalue weighted by Crippen LogP contribution is -2.47. The van der Waals surface area contributed by atoms with Crippen LogP contribution in [0.2, 0.25) is 0 Å². The van der Waals surface area contributed by atoms with Crippen LogP contribution in [0.5, 0.6) is 0 Å². The first-order valence-electron chi connectivity index (χ1n) is 5.44. The molecule has 0 radical (unpaired) electrons. The summed E-state index contributed by atoms with van der Waals surface area (Å²) in [5, 5.41) is 0. The first kappa shape index (κ1) is 11.0. The van der Waals surface area contributed by atoms with Crippen LogP contribution in [0, 0.1) is 13.8 Å². The predicted octanol–water partition coefficient (Wildman–Crippen LogP) is 2.89. The number of thiol groups is 1. The summed E-state index contributed by atoms with van der Waals surface area (Å²) in [6.45, 7) is 6.05. The summed E-state index contributed by atoms with van der Waals surface area (Å²) in [6.07, 6.45) is 1.11. The van der Waals surface area contributed by atoms with Gasteiger partial charge in [0.2, 0.25) is 0 Å². The molecule has 0 aromatic heterocycles. The lowest BCUT2D eigenvalue weighted by atomic mass is 9.74. The third-order valence-electron chi connectivity index (χ3n) is 3.30. The molecule has 0 spiro atoms. The molecule has 15 heavy (non-hydrogen) atoms. The van der Waals surface area contributed by atoms with E-state index >= 15 is 0 Å². The van der Waals surface area contributed by atoms with Gasteiger partial charge in [0, 0.05) is 5.41 Å². The van der Waals surface area contributed by atoms with E-state index in [1.165, 1.54) is 16.7 Å². The van der Waals surface area contributed by atoms with Gasteiger partial charge in [-0.05, 0) is 37.1 Å². The Balaban J connectivity index is 2.34. The first-order valence-corrected chi connectivity index (χ1v) is 6.07. The highest BCUT2D eigenvalue weighted by Crippen LogP contribution is 2.37. The van der Waals surface area contributed by atoms with E-state index in [0.717, 1.165) is 25.4 Å². The number of benzene rings is 1. The van der Waals surface area contributed by atoms with Crippen molar-refractivity contribution >= 4 is 12.6 Å². The van der Waals surface area contributed by atoms with Gasteiger partial charge in [-0.15, -0.1) is 0 Å². The number of hydrogen-bond donors (Lipinski definition) is 1. The Morgan fingerprint density at radius 2 is 2.07 bits per heavy atom. The van der Waals surface area contributed by atoms with Gasteiger partial charge in [-0.3, -0.25) is 0 Å². The molecule has 1 aliphatic heterocycles. The maximum absolute atomic E-state index is 5.40. The third-order valence-corrected chi connectivity index (χ3v) is 3.52. The van der Waals surface area contributed by atoms with Crippen molar-refractivity contribution in [3.63, 3.8) is 0 Å². The van der Waals surface area contributed by atoms with Gasteiger partial charge in [0.25, 0.3) is 0 Å². The normalized spacial score (nSPS) is 18.6. The Labute approximate surface area is 97.2 Å². The Morgan fingerprint density at radius 3 is 2.53 bits per heavy atom.